The smallest absolute Gasteiger partial charge is 0.264 e. The van der Waals surface area contributed by atoms with Gasteiger partial charge in [0, 0.05) is 18.7 Å². The molecule has 0 fully saturated rings. The fourth-order valence-corrected chi connectivity index (χ4v) is 4.91. The number of nitrogens with zero attached hydrogens (tertiary/aromatic N) is 1. The Morgan fingerprint density at radius 3 is 2.24 bits per heavy atom. The fraction of sp³-hybridized carbons (Fsp3) is 0.231. The Morgan fingerprint density at radius 1 is 0.882 bits per heavy atom. The average Bonchev–Trinajstić information content (AvgIpc) is 2.84. The zero-order chi connectivity index (χ0) is 24.7. The quantitative estimate of drug-likeness (QED) is 0.471. The topological polar surface area (TPSA) is 95.6 Å². The lowest BCUT2D eigenvalue weighted by Gasteiger charge is -2.23. The van der Waals surface area contributed by atoms with Crippen LogP contribution in [0.3, 0.4) is 0 Å². The van der Waals surface area contributed by atoms with Gasteiger partial charge in [-0.25, -0.2) is 8.42 Å². The van der Waals surface area contributed by atoms with Gasteiger partial charge in [-0.3, -0.25) is 13.9 Å². The molecule has 0 aromatic heterocycles. The van der Waals surface area contributed by atoms with E-state index in [-0.39, 0.29) is 28.8 Å². The molecule has 8 heteroatoms. The standard InChI is InChI=1S/C26H29N3O4S/c1-4-29(21-12-6-5-7-13-21)34(32,33)22-14-10-11-20(17-22)25(30)28-24-16-9-8-15-23(24)26(31)27-18-19(2)3/h5-17,19H,4,18H2,1-3H3,(H,27,31)(H,28,30). The van der Waals surface area contributed by atoms with E-state index in [0.717, 1.165) is 0 Å². The number of anilines is 2. The molecule has 0 heterocycles. The van der Waals surface area contributed by atoms with Crippen molar-refractivity contribution < 1.29 is 18.0 Å². The van der Waals surface area contributed by atoms with Gasteiger partial charge < -0.3 is 10.6 Å². The predicted octanol–water partition coefficient (Wildman–Crippen LogP) is 4.54. The zero-order valence-corrected chi connectivity index (χ0v) is 20.3. The molecule has 0 spiro atoms. The van der Waals surface area contributed by atoms with Gasteiger partial charge in [0.05, 0.1) is 21.8 Å². The van der Waals surface area contributed by atoms with Gasteiger partial charge >= 0.3 is 0 Å². The Hall–Kier alpha value is -3.65. The van der Waals surface area contributed by atoms with Crippen LogP contribution < -0.4 is 14.9 Å². The number of hydrogen-bond donors (Lipinski definition) is 2. The van der Waals surface area contributed by atoms with Gasteiger partial charge in [-0.05, 0) is 55.3 Å². The molecule has 0 saturated heterocycles. The molecule has 0 bridgehead atoms. The Kier molecular flexibility index (Phi) is 8.07. The van der Waals surface area contributed by atoms with Gasteiger partial charge in [-0.1, -0.05) is 50.2 Å². The van der Waals surface area contributed by atoms with E-state index in [0.29, 0.717) is 23.5 Å². The monoisotopic (exact) mass is 479 g/mol. The van der Waals surface area contributed by atoms with E-state index in [2.05, 4.69) is 10.6 Å². The highest BCUT2D eigenvalue weighted by atomic mass is 32.2. The highest BCUT2D eigenvalue weighted by Gasteiger charge is 2.24. The average molecular weight is 480 g/mol. The molecule has 0 aliphatic rings. The van der Waals surface area contributed by atoms with Crippen molar-refractivity contribution in [3.05, 3.63) is 90.0 Å². The van der Waals surface area contributed by atoms with E-state index < -0.39 is 15.9 Å². The van der Waals surface area contributed by atoms with Gasteiger partial charge in [-0.15, -0.1) is 0 Å². The van der Waals surface area contributed by atoms with Crippen molar-refractivity contribution in [1.82, 2.24) is 5.32 Å². The van der Waals surface area contributed by atoms with Crippen molar-refractivity contribution in [3.63, 3.8) is 0 Å². The van der Waals surface area contributed by atoms with Crippen molar-refractivity contribution >= 4 is 33.2 Å². The second-order valence-electron chi connectivity index (χ2n) is 8.14. The molecule has 0 aliphatic heterocycles. The number of carbonyl (C=O) groups excluding carboxylic acids is 2. The maximum absolute atomic E-state index is 13.3. The normalized spacial score (nSPS) is 11.2. The summed E-state index contributed by atoms with van der Waals surface area (Å²) in [5, 5.41) is 5.58. The molecular formula is C26H29N3O4S. The van der Waals surface area contributed by atoms with E-state index >= 15 is 0 Å². The molecule has 0 radical (unpaired) electrons. The van der Waals surface area contributed by atoms with E-state index in [1.165, 1.54) is 28.6 Å². The molecule has 2 N–H and O–H groups in total. The number of para-hydroxylation sites is 2. The highest BCUT2D eigenvalue weighted by Crippen LogP contribution is 2.24. The molecule has 178 valence electrons. The lowest BCUT2D eigenvalue weighted by Crippen LogP contribution is -2.31. The lowest BCUT2D eigenvalue weighted by molar-refractivity contribution is 0.0950. The van der Waals surface area contributed by atoms with Crippen molar-refractivity contribution in [2.75, 3.05) is 22.7 Å². The third-order valence-corrected chi connectivity index (χ3v) is 7.01. The molecule has 34 heavy (non-hydrogen) atoms. The van der Waals surface area contributed by atoms with Crippen LogP contribution >= 0.6 is 0 Å². The second-order valence-corrected chi connectivity index (χ2v) is 10.00. The summed E-state index contributed by atoms with van der Waals surface area (Å²) in [4.78, 5) is 25.6. The minimum Gasteiger partial charge on any atom is -0.352 e. The van der Waals surface area contributed by atoms with Crippen molar-refractivity contribution in [1.29, 1.82) is 0 Å². The van der Waals surface area contributed by atoms with Gasteiger partial charge in [0.25, 0.3) is 21.8 Å². The number of nitrogens with one attached hydrogen (secondary N) is 2. The summed E-state index contributed by atoms with van der Waals surface area (Å²) < 4.78 is 27.9. The molecule has 2 amide bonds. The summed E-state index contributed by atoms with van der Waals surface area (Å²) >= 11 is 0. The predicted molar refractivity (Wildman–Crippen MR) is 135 cm³/mol. The minimum absolute atomic E-state index is 0.00816. The summed E-state index contributed by atoms with van der Waals surface area (Å²) in [6.45, 7) is 6.49. The molecule has 3 aromatic rings. The molecule has 0 atom stereocenters. The SMILES string of the molecule is CCN(c1ccccc1)S(=O)(=O)c1cccc(C(=O)Nc2ccccc2C(=O)NCC(C)C)c1. The Balaban J connectivity index is 1.86. The number of carbonyl (C=O) groups is 2. The number of hydrogen-bond acceptors (Lipinski definition) is 4. The Bertz CT molecular complexity index is 1260. The fourth-order valence-electron chi connectivity index (χ4n) is 3.39. The van der Waals surface area contributed by atoms with Crippen LogP contribution in [-0.2, 0) is 10.0 Å². The molecular weight excluding hydrogens is 450 g/mol. The first-order valence-corrected chi connectivity index (χ1v) is 12.5. The number of rotatable bonds is 9. The summed E-state index contributed by atoms with van der Waals surface area (Å²) in [7, 11) is -3.88. The highest BCUT2D eigenvalue weighted by molar-refractivity contribution is 7.92. The number of sulfonamides is 1. The summed E-state index contributed by atoms with van der Waals surface area (Å²) in [5.74, 6) is -0.514. The summed E-state index contributed by atoms with van der Waals surface area (Å²) in [5.41, 5.74) is 1.40. The zero-order valence-electron chi connectivity index (χ0n) is 19.5. The molecule has 3 aromatic carbocycles. The molecule has 0 unspecified atom stereocenters. The first-order chi connectivity index (χ1) is 16.2. The van der Waals surface area contributed by atoms with Gasteiger partial charge in [0.2, 0.25) is 0 Å². The van der Waals surface area contributed by atoms with Crippen LogP contribution in [0.2, 0.25) is 0 Å². The first kappa shape index (κ1) is 25.0. The lowest BCUT2D eigenvalue weighted by atomic mass is 10.1. The minimum atomic E-state index is -3.88. The maximum Gasteiger partial charge on any atom is 0.264 e. The van der Waals surface area contributed by atoms with Crippen LogP contribution in [0.4, 0.5) is 11.4 Å². The van der Waals surface area contributed by atoms with E-state index in [1.807, 2.05) is 19.9 Å². The Labute approximate surface area is 200 Å². The van der Waals surface area contributed by atoms with Crippen LogP contribution in [0.15, 0.2) is 83.8 Å². The van der Waals surface area contributed by atoms with E-state index in [9.17, 15) is 18.0 Å². The third kappa shape index (κ3) is 5.82. The van der Waals surface area contributed by atoms with Crippen LogP contribution in [-0.4, -0.2) is 33.3 Å². The molecule has 0 saturated carbocycles. The maximum atomic E-state index is 13.3. The summed E-state index contributed by atoms with van der Waals surface area (Å²) in [6, 6.07) is 21.4. The van der Waals surface area contributed by atoms with Gasteiger partial charge in [0.15, 0.2) is 0 Å². The van der Waals surface area contributed by atoms with Gasteiger partial charge in [0.1, 0.15) is 0 Å². The first-order valence-electron chi connectivity index (χ1n) is 11.1. The van der Waals surface area contributed by atoms with E-state index in [1.54, 1.807) is 55.5 Å². The van der Waals surface area contributed by atoms with Crippen LogP contribution in [0.25, 0.3) is 0 Å². The summed E-state index contributed by atoms with van der Waals surface area (Å²) in [6.07, 6.45) is 0. The van der Waals surface area contributed by atoms with Gasteiger partial charge in [-0.2, -0.15) is 0 Å². The van der Waals surface area contributed by atoms with Crippen molar-refractivity contribution in [3.8, 4) is 0 Å². The van der Waals surface area contributed by atoms with Crippen LogP contribution in [0, 0.1) is 5.92 Å². The molecule has 0 aliphatic carbocycles. The Morgan fingerprint density at radius 2 is 1.56 bits per heavy atom. The molecule has 3 rings (SSSR count). The van der Waals surface area contributed by atoms with Crippen molar-refractivity contribution in [2.24, 2.45) is 5.92 Å². The van der Waals surface area contributed by atoms with Crippen LogP contribution in [0.5, 0.6) is 0 Å². The largest absolute Gasteiger partial charge is 0.352 e. The molecule has 7 nitrogen and oxygen atoms in total. The van der Waals surface area contributed by atoms with Crippen LogP contribution in [0.1, 0.15) is 41.5 Å². The number of amides is 2. The number of benzene rings is 3. The second kappa shape index (κ2) is 11.0. The van der Waals surface area contributed by atoms with Crippen molar-refractivity contribution in [2.45, 2.75) is 25.7 Å². The van der Waals surface area contributed by atoms with E-state index in [4.69, 9.17) is 0 Å². The third-order valence-electron chi connectivity index (χ3n) is 5.11.